The molecule has 0 fully saturated rings. The van der Waals surface area contributed by atoms with Gasteiger partial charge in [-0.3, -0.25) is 5.43 Å². The third-order valence-corrected chi connectivity index (χ3v) is 2.37. The Morgan fingerprint density at radius 2 is 2.22 bits per heavy atom. The van der Waals surface area contributed by atoms with Gasteiger partial charge in [-0.2, -0.15) is 4.98 Å². The third-order valence-electron chi connectivity index (χ3n) is 2.09. The summed E-state index contributed by atoms with van der Waals surface area (Å²) in [7, 11) is 4.01. The maximum atomic E-state index is 5.93. The Kier molecular flexibility index (Phi) is 6.66. The van der Waals surface area contributed by atoms with Gasteiger partial charge in [0.15, 0.2) is 5.82 Å². The number of nitrogens with two attached hydrogens (primary N) is 1. The molecule has 1 aromatic rings. The summed E-state index contributed by atoms with van der Waals surface area (Å²) >= 11 is 5.93. The van der Waals surface area contributed by atoms with Crippen molar-refractivity contribution in [3.05, 3.63) is 11.2 Å². The molecule has 1 rings (SSSR count). The summed E-state index contributed by atoms with van der Waals surface area (Å²) in [5.41, 5.74) is 2.36. The van der Waals surface area contributed by atoms with E-state index in [4.69, 9.17) is 22.2 Å². The molecular formula is C10H19ClN6O. The second kappa shape index (κ2) is 8.04. The number of nitrogen functional groups attached to an aromatic ring is 1. The minimum absolute atomic E-state index is 0.315. The van der Waals surface area contributed by atoms with Gasteiger partial charge in [0.05, 0.1) is 19.4 Å². The van der Waals surface area contributed by atoms with Gasteiger partial charge >= 0.3 is 0 Å². The second-order valence-corrected chi connectivity index (χ2v) is 4.28. The monoisotopic (exact) mass is 274 g/mol. The van der Waals surface area contributed by atoms with Crippen molar-refractivity contribution >= 4 is 23.4 Å². The number of hydrogen-bond donors (Lipinski definition) is 3. The lowest BCUT2D eigenvalue weighted by Crippen LogP contribution is -2.20. The standard InChI is InChI=1S/C10H19ClN6O/c1-17(2)4-6-18-5-3-13-9-8(11)7-14-10(15-9)16-12/h7H,3-6,12H2,1-2H3,(H2,13,14,15,16). The first-order chi connectivity index (χ1) is 8.63. The molecule has 0 saturated carbocycles. The predicted molar refractivity (Wildman–Crippen MR) is 72.7 cm³/mol. The van der Waals surface area contributed by atoms with Crippen LogP contribution < -0.4 is 16.6 Å². The van der Waals surface area contributed by atoms with Crippen molar-refractivity contribution in [1.29, 1.82) is 0 Å². The van der Waals surface area contributed by atoms with Crippen LogP contribution in [0.15, 0.2) is 6.20 Å². The average Bonchev–Trinajstić information content (AvgIpc) is 2.35. The van der Waals surface area contributed by atoms with Crippen LogP contribution in [-0.4, -0.2) is 55.3 Å². The first-order valence-electron chi connectivity index (χ1n) is 5.59. The Morgan fingerprint density at radius 3 is 2.89 bits per heavy atom. The fourth-order valence-corrected chi connectivity index (χ4v) is 1.31. The number of hydrogen-bond acceptors (Lipinski definition) is 7. The number of anilines is 2. The number of rotatable bonds is 8. The van der Waals surface area contributed by atoms with Gasteiger partial charge in [0, 0.05) is 13.1 Å². The molecule has 18 heavy (non-hydrogen) atoms. The summed E-state index contributed by atoms with van der Waals surface area (Å²) in [4.78, 5) is 10.0. The molecule has 0 saturated heterocycles. The Morgan fingerprint density at radius 1 is 1.44 bits per heavy atom. The molecule has 0 amide bonds. The summed E-state index contributed by atoms with van der Waals surface area (Å²) in [6.45, 7) is 2.80. The molecule has 0 spiro atoms. The van der Waals surface area contributed by atoms with E-state index in [1.54, 1.807) is 0 Å². The van der Waals surface area contributed by atoms with Crippen LogP contribution in [0.2, 0.25) is 5.02 Å². The average molecular weight is 275 g/mol. The highest BCUT2D eigenvalue weighted by Gasteiger charge is 2.03. The number of nitrogens with zero attached hydrogens (tertiary/aromatic N) is 3. The zero-order chi connectivity index (χ0) is 13.4. The highest BCUT2D eigenvalue weighted by Crippen LogP contribution is 2.18. The van der Waals surface area contributed by atoms with Crippen LogP contribution in [0.1, 0.15) is 0 Å². The Hall–Kier alpha value is -1.15. The fraction of sp³-hybridized carbons (Fsp3) is 0.600. The molecule has 0 aliphatic rings. The van der Waals surface area contributed by atoms with E-state index in [2.05, 4.69) is 25.6 Å². The van der Waals surface area contributed by atoms with Gasteiger partial charge in [0.25, 0.3) is 0 Å². The molecule has 0 aliphatic carbocycles. The van der Waals surface area contributed by atoms with Crippen LogP contribution in [0.25, 0.3) is 0 Å². The number of aromatic nitrogens is 2. The molecule has 0 radical (unpaired) electrons. The first kappa shape index (κ1) is 14.9. The number of hydrazine groups is 1. The minimum Gasteiger partial charge on any atom is -0.378 e. The molecule has 1 heterocycles. The van der Waals surface area contributed by atoms with Gasteiger partial charge in [-0.25, -0.2) is 10.8 Å². The Balaban J connectivity index is 2.26. The minimum atomic E-state index is 0.315. The van der Waals surface area contributed by atoms with E-state index in [-0.39, 0.29) is 0 Å². The van der Waals surface area contributed by atoms with Crippen molar-refractivity contribution < 1.29 is 4.74 Å². The number of likely N-dealkylation sites (N-methyl/N-ethyl adjacent to an activating group) is 1. The van der Waals surface area contributed by atoms with Crippen molar-refractivity contribution in [2.75, 3.05) is 51.1 Å². The molecule has 0 aromatic carbocycles. The van der Waals surface area contributed by atoms with Gasteiger partial charge in [0.2, 0.25) is 5.95 Å². The van der Waals surface area contributed by atoms with E-state index < -0.39 is 0 Å². The van der Waals surface area contributed by atoms with Crippen LogP contribution in [0.5, 0.6) is 0 Å². The lowest BCUT2D eigenvalue weighted by molar-refractivity contribution is 0.126. The predicted octanol–water partition coefficient (Wildman–Crippen LogP) is 0.406. The van der Waals surface area contributed by atoms with E-state index in [1.807, 2.05) is 14.1 Å². The molecule has 1 aromatic heterocycles. The maximum Gasteiger partial charge on any atom is 0.239 e. The molecular weight excluding hydrogens is 256 g/mol. The summed E-state index contributed by atoms with van der Waals surface area (Å²) in [5.74, 6) is 6.07. The molecule has 4 N–H and O–H groups in total. The summed E-state index contributed by atoms with van der Waals surface area (Å²) in [6.07, 6.45) is 1.49. The van der Waals surface area contributed by atoms with Crippen molar-refractivity contribution in [3.63, 3.8) is 0 Å². The highest BCUT2D eigenvalue weighted by atomic mass is 35.5. The third kappa shape index (κ3) is 5.46. The fourth-order valence-electron chi connectivity index (χ4n) is 1.15. The molecule has 8 heteroatoms. The highest BCUT2D eigenvalue weighted by molar-refractivity contribution is 6.32. The first-order valence-corrected chi connectivity index (χ1v) is 5.96. The number of ether oxygens (including phenoxy) is 1. The molecule has 0 atom stereocenters. The zero-order valence-corrected chi connectivity index (χ0v) is 11.4. The van der Waals surface area contributed by atoms with Crippen LogP contribution in [0.3, 0.4) is 0 Å². The van der Waals surface area contributed by atoms with E-state index in [0.29, 0.717) is 36.5 Å². The van der Waals surface area contributed by atoms with E-state index >= 15 is 0 Å². The van der Waals surface area contributed by atoms with Crippen LogP contribution in [0, 0.1) is 0 Å². The van der Waals surface area contributed by atoms with Crippen LogP contribution in [0.4, 0.5) is 11.8 Å². The maximum absolute atomic E-state index is 5.93. The van der Waals surface area contributed by atoms with E-state index in [1.165, 1.54) is 6.20 Å². The SMILES string of the molecule is CN(C)CCOCCNc1nc(NN)ncc1Cl. The van der Waals surface area contributed by atoms with Gasteiger partial charge in [-0.15, -0.1) is 0 Å². The molecule has 0 unspecified atom stereocenters. The van der Waals surface area contributed by atoms with E-state index in [0.717, 1.165) is 6.54 Å². The lowest BCUT2D eigenvalue weighted by Gasteiger charge is -2.11. The molecule has 7 nitrogen and oxygen atoms in total. The summed E-state index contributed by atoms with van der Waals surface area (Å²) in [5, 5.41) is 3.51. The molecule has 0 aliphatic heterocycles. The quantitative estimate of drug-likeness (QED) is 0.359. The molecule has 102 valence electrons. The second-order valence-electron chi connectivity index (χ2n) is 3.88. The number of nitrogens with one attached hydrogen (secondary N) is 2. The van der Waals surface area contributed by atoms with Gasteiger partial charge < -0.3 is 15.0 Å². The topological polar surface area (TPSA) is 88.3 Å². The van der Waals surface area contributed by atoms with Crippen molar-refractivity contribution in [2.24, 2.45) is 5.84 Å². The Bertz CT molecular complexity index is 362. The van der Waals surface area contributed by atoms with Crippen LogP contribution in [-0.2, 0) is 4.74 Å². The molecule has 0 bridgehead atoms. The largest absolute Gasteiger partial charge is 0.378 e. The van der Waals surface area contributed by atoms with Crippen molar-refractivity contribution in [3.8, 4) is 0 Å². The normalized spacial score (nSPS) is 10.7. The smallest absolute Gasteiger partial charge is 0.239 e. The zero-order valence-electron chi connectivity index (χ0n) is 10.6. The summed E-state index contributed by atoms with van der Waals surface area (Å²) in [6, 6.07) is 0. The van der Waals surface area contributed by atoms with Crippen molar-refractivity contribution in [1.82, 2.24) is 14.9 Å². The van der Waals surface area contributed by atoms with Gasteiger partial charge in [-0.05, 0) is 14.1 Å². The van der Waals surface area contributed by atoms with E-state index in [9.17, 15) is 0 Å². The van der Waals surface area contributed by atoms with Gasteiger partial charge in [0.1, 0.15) is 5.02 Å². The lowest BCUT2D eigenvalue weighted by atomic mass is 10.5. The number of halogens is 1. The van der Waals surface area contributed by atoms with Crippen molar-refractivity contribution in [2.45, 2.75) is 0 Å². The Labute approximate surface area is 112 Å². The van der Waals surface area contributed by atoms with Crippen LogP contribution >= 0.6 is 11.6 Å². The van der Waals surface area contributed by atoms with Gasteiger partial charge in [-0.1, -0.05) is 11.6 Å². The summed E-state index contributed by atoms with van der Waals surface area (Å²) < 4.78 is 5.43.